The molecule has 0 fully saturated rings. The molecule has 2 aromatic rings. The lowest BCUT2D eigenvalue weighted by Gasteiger charge is -2.12. The molecule has 0 spiro atoms. The van der Waals surface area contributed by atoms with Crippen molar-refractivity contribution in [3.63, 3.8) is 0 Å². The van der Waals surface area contributed by atoms with Crippen LogP contribution in [0, 0.1) is 6.92 Å². The lowest BCUT2D eigenvalue weighted by molar-refractivity contribution is 0.766. The Morgan fingerprint density at radius 2 is 2.10 bits per heavy atom. The highest BCUT2D eigenvalue weighted by Crippen LogP contribution is 2.31. The van der Waals surface area contributed by atoms with Gasteiger partial charge in [0.2, 0.25) is 0 Å². The van der Waals surface area contributed by atoms with Gasteiger partial charge in [-0.15, -0.1) is 0 Å². The maximum Gasteiger partial charge on any atom is 0.133 e. The Kier molecular flexibility index (Phi) is 5.00. The van der Waals surface area contributed by atoms with Crippen LogP contribution in [0.5, 0.6) is 0 Å². The molecule has 5 nitrogen and oxygen atoms in total. The van der Waals surface area contributed by atoms with Gasteiger partial charge in [0.1, 0.15) is 16.7 Å². The van der Waals surface area contributed by atoms with Crippen molar-refractivity contribution in [1.82, 2.24) is 19.7 Å². The minimum Gasteiger partial charge on any atom is -0.370 e. The lowest BCUT2D eigenvalue weighted by atomic mass is 10.3. The van der Waals surface area contributed by atoms with Gasteiger partial charge in [-0.3, -0.25) is 4.68 Å². The lowest BCUT2D eigenvalue weighted by Crippen LogP contribution is -2.08. The van der Waals surface area contributed by atoms with Crippen LogP contribution < -0.4 is 5.32 Å². The quantitative estimate of drug-likeness (QED) is 0.829. The Hall–Kier alpha value is -1.56. The van der Waals surface area contributed by atoms with Gasteiger partial charge in [0.15, 0.2) is 0 Å². The SMILES string of the molecule is CCCNc1nc(CC)nc(Sc2cnn(C)c2)c1C. The van der Waals surface area contributed by atoms with Crippen LogP contribution >= 0.6 is 11.8 Å². The van der Waals surface area contributed by atoms with Gasteiger partial charge in [0.25, 0.3) is 0 Å². The standard InChI is InChI=1S/C14H21N5S/c1-5-7-15-13-10(3)14(18-12(6-2)17-13)20-11-8-16-19(4)9-11/h8-9H,5-7H2,1-4H3,(H,15,17,18). The largest absolute Gasteiger partial charge is 0.370 e. The zero-order valence-electron chi connectivity index (χ0n) is 12.5. The summed E-state index contributed by atoms with van der Waals surface area (Å²) in [6.07, 6.45) is 5.77. The van der Waals surface area contributed by atoms with Gasteiger partial charge < -0.3 is 5.32 Å². The van der Waals surface area contributed by atoms with Crippen LogP contribution in [-0.4, -0.2) is 26.3 Å². The fourth-order valence-corrected chi connectivity index (χ4v) is 2.71. The molecule has 0 saturated carbocycles. The molecule has 0 radical (unpaired) electrons. The van der Waals surface area contributed by atoms with E-state index in [0.717, 1.165) is 46.5 Å². The number of hydrogen-bond acceptors (Lipinski definition) is 5. The topological polar surface area (TPSA) is 55.6 Å². The summed E-state index contributed by atoms with van der Waals surface area (Å²) in [6, 6.07) is 0. The Labute approximate surface area is 124 Å². The first-order chi connectivity index (χ1) is 9.63. The Morgan fingerprint density at radius 3 is 2.70 bits per heavy atom. The summed E-state index contributed by atoms with van der Waals surface area (Å²) in [7, 11) is 1.92. The van der Waals surface area contributed by atoms with Crippen LogP contribution in [-0.2, 0) is 13.5 Å². The first-order valence-corrected chi connectivity index (χ1v) is 7.73. The molecular weight excluding hydrogens is 270 g/mol. The smallest absolute Gasteiger partial charge is 0.133 e. The molecule has 0 unspecified atom stereocenters. The molecule has 6 heteroatoms. The van der Waals surface area contributed by atoms with Gasteiger partial charge in [0.05, 0.1) is 11.1 Å². The summed E-state index contributed by atoms with van der Waals surface area (Å²) in [6.45, 7) is 7.22. The molecule has 0 aliphatic rings. The molecule has 20 heavy (non-hydrogen) atoms. The van der Waals surface area contributed by atoms with Crippen LogP contribution in [0.3, 0.4) is 0 Å². The van der Waals surface area contributed by atoms with Crippen molar-refractivity contribution in [1.29, 1.82) is 0 Å². The van der Waals surface area contributed by atoms with E-state index >= 15 is 0 Å². The van der Waals surface area contributed by atoms with E-state index in [2.05, 4.69) is 41.2 Å². The van der Waals surface area contributed by atoms with Gasteiger partial charge in [-0.05, 0) is 13.3 Å². The molecule has 0 saturated heterocycles. The highest BCUT2D eigenvalue weighted by molar-refractivity contribution is 7.99. The number of hydrogen-bond donors (Lipinski definition) is 1. The molecule has 108 valence electrons. The third-order valence-corrected chi connectivity index (χ3v) is 3.94. The van der Waals surface area contributed by atoms with E-state index in [1.807, 2.05) is 19.4 Å². The third kappa shape index (κ3) is 3.50. The van der Waals surface area contributed by atoms with Crippen molar-refractivity contribution in [2.75, 3.05) is 11.9 Å². The Bertz CT molecular complexity index is 579. The van der Waals surface area contributed by atoms with Crippen LogP contribution in [0.15, 0.2) is 22.3 Å². The second-order valence-corrected chi connectivity index (χ2v) is 5.71. The number of aromatic nitrogens is 4. The second kappa shape index (κ2) is 6.74. The molecule has 0 bridgehead atoms. The van der Waals surface area contributed by atoms with E-state index in [-0.39, 0.29) is 0 Å². The Morgan fingerprint density at radius 1 is 1.30 bits per heavy atom. The van der Waals surface area contributed by atoms with Gasteiger partial charge in [-0.25, -0.2) is 9.97 Å². The maximum atomic E-state index is 4.64. The number of aryl methyl sites for hydroxylation is 2. The van der Waals surface area contributed by atoms with E-state index in [1.54, 1.807) is 16.4 Å². The van der Waals surface area contributed by atoms with Crippen molar-refractivity contribution >= 4 is 17.6 Å². The number of rotatable bonds is 6. The molecule has 2 rings (SSSR count). The first kappa shape index (κ1) is 14.8. The van der Waals surface area contributed by atoms with Crippen molar-refractivity contribution in [3.8, 4) is 0 Å². The average molecular weight is 291 g/mol. The predicted molar refractivity (Wildman–Crippen MR) is 82.3 cm³/mol. The summed E-state index contributed by atoms with van der Waals surface area (Å²) >= 11 is 1.64. The molecule has 1 N–H and O–H groups in total. The van der Waals surface area contributed by atoms with E-state index in [4.69, 9.17) is 0 Å². The Balaban J connectivity index is 2.30. The minimum atomic E-state index is 0.835. The van der Waals surface area contributed by atoms with Crippen molar-refractivity contribution < 1.29 is 0 Å². The van der Waals surface area contributed by atoms with E-state index in [9.17, 15) is 0 Å². The van der Waals surface area contributed by atoms with Gasteiger partial charge in [-0.1, -0.05) is 25.6 Å². The van der Waals surface area contributed by atoms with Crippen molar-refractivity contribution in [2.45, 2.75) is 43.5 Å². The predicted octanol–water partition coefficient (Wildman–Crippen LogP) is 3.05. The van der Waals surface area contributed by atoms with Crippen molar-refractivity contribution in [2.24, 2.45) is 7.05 Å². The summed E-state index contributed by atoms with van der Waals surface area (Å²) in [4.78, 5) is 10.3. The first-order valence-electron chi connectivity index (χ1n) is 6.91. The minimum absolute atomic E-state index is 0.835. The fourth-order valence-electron chi connectivity index (χ4n) is 1.78. The molecule has 0 amide bonds. The van der Waals surface area contributed by atoms with Crippen LogP contribution in [0.25, 0.3) is 0 Å². The normalized spacial score (nSPS) is 10.8. The number of nitrogens with one attached hydrogen (secondary N) is 1. The van der Waals surface area contributed by atoms with Crippen LogP contribution in [0.2, 0.25) is 0 Å². The molecule has 2 aromatic heterocycles. The molecular formula is C14H21N5S. The van der Waals surface area contributed by atoms with Gasteiger partial charge in [0, 0.05) is 31.8 Å². The summed E-state index contributed by atoms with van der Waals surface area (Å²) < 4.78 is 1.80. The van der Waals surface area contributed by atoms with Crippen LogP contribution in [0.4, 0.5) is 5.82 Å². The summed E-state index contributed by atoms with van der Waals surface area (Å²) in [5, 5.41) is 8.58. The van der Waals surface area contributed by atoms with E-state index in [1.165, 1.54) is 0 Å². The molecule has 0 aliphatic carbocycles. The number of anilines is 1. The summed E-state index contributed by atoms with van der Waals surface area (Å²) in [5.74, 6) is 1.82. The van der Waals surface area contributed by atoms with E-state index < -0.39 is 0 Å². The number of nitrogens with zero attached hydrogens (tertiary/aromatic N) is 4. The molecule has 0 aliphatic heterocycles. The average Bonchev–Trinajstić information content (AvgIpc) is 2.85. The second-order valence-electron chi connectivity index (χ2n) is 4.65. The monoisotopic (exact) mass is 291 g/mol. The zero-order chi connectivity index (χ0) is 14.5. The highest BCUT2D eigenvalue weighted by Gasteiger charge is 2.12. The molecule has 0 atom stereocenters. The fraction of sp³-hybridized carbons (Fsp3) is 0.500. The highest BCUT2D eigenvalue weighted by atomic mass is 32.2. The zero-order valence-corrected chi connectivity index (χ0v) is 13.3. The van der Waals surface area contributed by atoms with Gasteiger partial charge in [-0.2, -0.15) is 5.10 Å². The summed E-state index contributed by atoms with van der Waals surface area (Å²) in [5.41, 5.74) is 1.10. The maximum absolute atomic E-state index is 4.64. The van der Waals surface area contributed by atoms with Gasteiger partial charge >= 0.3 is 0 Å². The third-order valence-electron chi connectivity index (χ3n) is 2.90. The molecule has 0 aromatic carbocycles. The molecule has 2 heterocycles. The van der Waals surface area contributed by atoms with Crippen LogP contribution in [0.1, 0.15) is 31.7 Å². The van der Waals surface area contributed by atoms with Crippen molar-refractivity contribution in [3.05, 3.63) is 23.8 Å². The van der Waals surface area contributed by atoms with E-state index in [0.29, 0.717) is 0 Å².